The van der Waals surface area contributed by atoms with E-state index in [1.807, 2.05) is 0 Å². The number of quaternary nitrogens is 1. The average molecular weight is 301 g/mol. The third kappa shape index (κ3) is 11.2. The predicted molar refractivity (Wildman–Crippen MR) is 94.6 cm³/mol. The number of hydrogen-bond donors (Lipinski definition) is 1. The number of aliphatic hydroxyl groups excluding tert-OH is 1. The summed E-state index contributed by atoms with van der Waals surface area (Å²) in [6, 6.07) is 0. The van der Waals surface area contributed by atoms with Crippen molar-refractivity contribution in [3.63, 3.8) is 0 Å². The van der Waals surface area contributed by atoms with E-state index in [0.29, 0.717) is 6.61 Å². The van der Waals surface area contributed by atoms with Crippen LogP contribution in [0.3, 0.4) is 0 Å². The molecule has 0 saturated heterocycles. The molecule has 0 fully saturated rings. The first kappa shape index (κ1) is 20.9. The topological polar surface area (TPSA) is 20.2 Å². The number of nitrogens with zero attached hydrogens (tertiary/aromatic N) is 1. The predicted octanol–water partition coefficient (Wildman–Crippen LogP) is 5.15. The monoisotopic (exact) mass is 300 g/mol. The van der Waals surface area contributed by atoms with Crippen molar-refractivity contribution < 1.29 is 9.59 Å². The van der Waals surface area contributed by atoms with Crippen LogP contribution in [-0.2, 0) is 0 Å². The van der Waals surface area contributed by atoms with Gasteiger partial charge in [0.15, 0.2) is 0 Å². The number of rotatable bonds is 16. The van der Waals surface area contributed by atoms with Crippen molar-refractivity contribution in [3.05, 3.63) is 0 Å². The van der Waals surface area contributed by atoms with Crippen LogP contribution in [0.2, 0.25) is 0 Å². The van der Waals surface area contributed by atoms with E-state index in [4.69, 9.17) is 5.11 Å². The zero-order valence-corrected chi connectivity index (χ0v) is 15.2. The molecule has 2 heteroatoms. The molecule has 0 bridgehead atoms. The lowest BCUT2D eigenvalue weighted by Gasteiger charge is -2.38. The van der Waals surface area contributed by atoms with E-state index in [1.54, 1.807) is 0 Å². The van der Waals surface area contributed by atoms with Crippen molar-refractivity contribution in [1.29, 1.82) is 0 Å². The lowest BCUT2D eigenvalue weighted by atomic mass is 10.1. The smallest absolute Gasteiger partial charge is 0.0786 e. The summed E-state index contributed by atoms with van der Waals surface area (Å²) in [4.78, 5) is 0. The molecule has 0 radical (unpaired) electrons. The first-order valence-corrected chi connectivity index (χ1v) is 9.70. The normalized spacial score (nSPS) is 12.0. The Kier molecular flexibility index (Phi) is 14.8. The Morgan fingerprint density at radius 1 is 0.524 bits per heavy atom. The van der Waals surface area contributed by atoms with Gasteiger partial charge in [-0.25, -0.2) is 0 Å². The summed E-state index contributed by atoms with van der Waals surface area (Å²) < 4.78 is 1.38. The molecule has 2 nitrogen and oxygen atoms in total. The number of hydrogen-bond acceptors (Lipinski definition) is 1. The quantitative estimate of drug-likeness (QED) is 0.309. The Morgan fingerprint density at radius 2 is 0.905 bits per heavy atom. The second kappa shape index (κ2) is 14.8. The van der Waals surface area contributed by atoms with Crippen LogP contribution in [0.1, 0.15) is 91.4 Å². The minimum absolute atomic E-state index is 0.367. The zero-order valence-electron chi connectivity index (χ0n) is 15.2. The van der Waals surface area contributed by atoms with Gasteiger partial charge in [-0.3, -0.25) is 0 Å². The SMILES string of the molecule is CCC[N+](CCC)(CCC)CCCCCCCCCCO. The first-order chi connectivity index (χ1) is 10.2. The maximum absolute atomic E-state index is 8.74. The molecule has 0 aromatic carbocycles. The summed E-state index contributed by atoms with van der Waals surface area (Å²) in [6.07, 6.45) is 14.5. The average Bonchev–Trinajstić information content (AvgIpc) is 2.46. The van der Waals surface area contributed by atoms with Gasteiger partial charge in [0.1, 0.15) is 0 Å². The summed E-state index contributed by atoms with van der Waals surface area (Å²) in [7, 11) is 0. The highest BCUT2D eigenvalue weighted by atomic mass is 16.2. The third-order valence-electron chi connectivity index (χ3n) is 4.63. The molecule has 0 aliphatic heterocycles. The van der Waals surface area contributed by atoms with Gasteiger partial charge in [0.05, 0.1) is 26.2 Å². The van der Waals surface area contributed by atoms with Gasteiger partial charge in [-0.2, -0.15) is 0 Å². The van der Waals surface area contributed by atoms with Gasteiger partial charge >= 0.3 is 0 Å². The molecule has 0 unspecified atom stereocenters. The molecule has 0 aliphatic carbocycles. The zero-order chi connectivity index (χ0) is 15.8. The minimum Gasteiger partial charge on any atom is -0.396 e. The van der Waals surface area contributed by atoms with Gasteiger partial charge in [0, 0.05) is 6.61 Å². The third-order valence-corrected chi connectivity index (χ3v) is 4.63. The largest absolute Gasteiger partial charge is 0.396 e. The standard InChI is InChI=1S/C19H42NO/c1-4-15-20(16-5-2,17-6-3)18-13-11-9-7-8-10-12-14-19-21/h21H,4-19H2,1-3H3/q+1. The molecule has 0 spiro atoms. The fourth-order valence-electron chi connectivity index (χ4n) is 3.71. The molecule has 21 heavy (non-hydrogen) atoms. The van der Waals surface area contributed by atoms with Crippen LogP contribution in [0.25, 0.3) is 0 Å². The number of aliphatic hydroxyl groups is 1. The van der Waals surface area contributed by atoms with Crippen LogP contribution in [0, 0.1) is 0 Å². The fourth-order valence-corrected chi connectivity index (χ4v) is 3.71. The summed E-state index contributed by atoms with van der Waals surface area (Å²) in [5.41, 5.74) is 0. The molecule has 0 atom stereocenters. The number of unbranched alkanes of at least 4 members (excludes halogenated alkanes) is 7. The van der Waals surface area contributed by atoms with Gasteiger partial charge in [0.25, 0.3) is 0 Å². The van der Waals surface area contributed by atoms with E-state index in [-0.39, 0.29) is 0 Å². The molecule has 0 saturated carbocycles. The van der Waals surface area contributed by atoms with Gasteiger partial charge in [-0.15, -0.1) is 0 Å². The molecule has 1 N–H and O–H groups in total. The highest BCUT2D eigenvalue weighted by Crippen LogP contribution is 2.16. The molecule has 0 rings (SSSR count). The van der Waals surface area contributed by atoms with E-state index in [2.05, 4.69) is 20.8 Å². The van der Waals surface area contributed by atoms with Crippen LogP contribution >= 0.6 is 0 Å². The first-order valence-electron chi connectivity index (χ1n) is 9.70. The van der Waals surface area contributed by atoms with Crippen molar-refractivity contribution in [1.82, 2.24) is 0 Å². The maximum atomic E-state index is 8.74. The molecular weight excluding hydrogens is 258 g/mol. The Labute approximate surface area is 134 Å². The van der Waals surface area contributed by atoms with Crippen molar-refractivity contribution >= 4 is 0 Å². The highest BCUT2D eigenvalue weighted by molar-refractivity contribution is 4.50. The summed E-state index contributed by atoms with van der Waals surface area (Å²) in [5.74, 6) is 0. The van der Waals surface area contributed by atoms with E-state index in [9.17, 15) is 0 Å². The van der Waals surface area contributed by atoms with Crippen molar-refractivity contribution in [2.24, 2.45) is 0 Å². The Bertz CT molecular complexity index is 189. The molecule has 0 amide bonds. The van der Waals surface area contributed by atoms with Crippen molar-refractivity contribution in [2.75, 3.05) is 32.8 Å². The second-order valence-corrected chi connectivity index (χ2v) is 6.79. The van der Waals surface area contributed by atoms with E-state index < -0.39 is 0 Å². The maximum Gasteiger partial charge on any atom is 0.0786 e. The molecular formula is C19H42NO+. The minimum atomic E-state index is 0.367. The lowest BCUT2D eigenvalue weighted by molar-refractivity contribution is -0.928. The van der Waals surface area contributed by atoms with Gasteiger partial charge in [0.2, 0.25) is 0 Å². The summed E-state index contributed by atoms with van der Waals surface area (Å²) in [6.45, 7) is 12.9. The molecule has 0 aromatic heterocycles. The molecule has 128 valence electrons. The van der Waals surface area contributed by atoms with E-state index >= 15 is 0 Å². The van der Waals surface area contributed by atoms with E-state index in [0.717, 1.165) is 6.42 Å². The van der Waals surface area contributed by atoms with Crippen LogP contribution < -0.4 is 0 Å². The molecule has 0 aromatic rings. The second-order valence-electron chi connectivity index (χ2n) is 6.79. The van der Waals surface area contributed by atoms with Crippen LogP contribution in [0.15, 0.2) is 0 Å². The van der Waals surface area contributed by atoms with Crippen LogP contribution in [0.4, 0.5) is 0 Å². The van der Waals surface area contributed by atoms with E-state index in [1.165, 1.54) is 94.9 Å². The summed E-state index contributed by atoms with van der Waals surface area (Å²) in [5, 5.41) is 8.74. The molecule has 0 heterocycles. The van der Waals surface area contributed by atoms with Gasteiger partial charge < -0.3 is 9.59 Å². The summed E-state index contributed by atoms with van der Waals surface area (Å²) >= 11 is 0. The highest BCUT2D eigenvalue weighted by Gasteiger charge is 2.23. The van der Waals surface area contributed by atoms with Crippen LogP contribution in [0.5, 0.6) is 0 Å². The van der Waals surface area contributed by atoms with Crippen molar-refractivity contribution in [2.45, 2.75) is 91.4 Å². The Hall–Kier alpha value is -0.0800. The Morgan fingerprint density at radius 3 is 1.29 bits per heavy atom. The fraction of sp³-hybridized carbons (Fsp3) is 1.00. The Balaban J connectivity index is 3.76. The van der Waals surface area contributed by atoms with Crippen LogP contribution in [-0.4, -0.2) is 42.4 Å². The molecule has 0 aliphatic rings. The van der Waals surface area contributed by atoms with Crippen molar-refractivity contribution in [3.8, 4) is 0 Å². The van der Waals surface area contributed by atoms with Gasteiger partial charge in [-0.05, 0) is 38.5 Å². The van der Waals surface area contributed by atoms with Gasteiger partial charge in [-0.1, -0.05) is 52.9 Å². The lowest BCUT2D eigenvalue weighted by Crippen LogP contribution is -2.50.